The molecule has 86 valence electrons. The maximum absolute atomic E-state index is 11.1. The minimum Gasteiger partial charge on any atom is -0.469 e. The zero-order valence-corrected chi connectivity index (χ0v) is 9.72. The fraction of sp³-hybridized carbons (Fsp3) is 0.133. The van der Waals surface area contributed by atoms with Gasteiger partial charge in [-0.25, -0.2) is 0 Å². The van der Waals surface area contributed by atoms with E-state index in [0.29, 0.717) is 6.42 Å². The Balaban J connectivity index is 2.16. The van der Waals surface area contributed by atoms with Gasteiger partial charge in [-0.3, -0.25) is 4.79 Å². The van der Waals surface area contributed by atoms with Gasteiger partial charge in [0.25, 0.3) is 0 Å². The Hall–Kier alpha value is -2.09. The van der Waals surface area contributed by atoms with Crippen LogP contribution in [-0.2, 0) is 16.0 Å². The predicted octanol–water partition coefficient (Wildman–Crippen LogP) is 3.07. The Kier molecular flexibility index (Phi) is 3.55. The summed E-state index contributed by atoms with van der Waals surface area (Å²) in [6.45, 7) is 0. The average molecular weight is 226 g/mol. The van der Waals surface area contributed by atoms with E-state index in [0.717, 1.165) is 11.1 Å². The van der Waals surface area contributed by atoms with Gasteiger partial charge in [-0.2, -0.15) is 0 Å². The SMILES string of the molecule is COC(=O)Cc1ccc(-c2ccccc2)cc1. The minimum atomic E-state index is -0.211. The minimum absolute atomic E-state index is 0.211. The van der Waals surface area contributed by atoms with Crippen molar-refractivity contribution in [2.24, 2.45) is 0 Å². The summed E-state index contributed by atoms with van der Waals surface area (Å²) in [5.41, 5.74) is 3.30. The summed E-state index contributed by atoms with van der Waals surface area (Å²) >= 11 is 0. The van der Waals surface area contributed by atoms with Gasteiger partial charge in [0.15, 0.2) is 0 Å². The van der Waals surface area contributed by atoms with Gasteiger partial charge in [0.2, 0.25) is 0 Å². The smallest absolute Gasteiger partial charge is 0.309 e. The molecule has 2 nitrogen and oxygen atoms in total. The third-order valence-electron chi connectivity index (χ3n) is 2.64. The van der Waals surface area contributed by atoms with Gasteiger partial charge in [0.1, 0.15) is 0 Å². The van der Waals surface area contributed by atoms with Crippen molar-refractivity contribution in [1.82, 2.24) is 0 Å². The van der Waals surface area contributed by atoms with Crippen LogP contribution in [0.1, 0.15) is 5.56 Å². The molecule has 0 aromatic heterocycles. The fourth-order valence-electron chi connectivity index (χ4n) is 1.68. The van der Waals surface area contributed by atoms with E-state index in [2.05, 4.69) is 16.9 Å². The maximum Gasteiger partial charge on any atom is 0.309 e. The highest BCUT2D eigenvalue weighted by Gasteiger charge is 2.03. The Morgan fingerprint density at radius 3 is 2.12 bits per heavy atom. The van der Waals surface area contributed by atoms with Crippen LogP contribution in [0.4, 0.5) is 0 Å². The molecule has 2 heteroatoms. The van der Waals surface area contributed by atoms with Crippen LogP contribution in [0.25, 0.3) is 11.1 Å². The number of carbonyl (C=O) groups is 1. The number of esters is 1. The summed E-state index contributed by atoms with van der Waals surface area (Å²) < 4.78 is 4.63. The van der Waals surface area contributed by atoms with Crippen LogP contribution in [0.15, 0.2) is 54.6 Å². The van der Waals surface area contributed by atoms with Crippen LogP contribution in [0.5, 0.6) is 0 Å². The van der Waals surface area contributed by atoms with E-state index >= 15 is 0 Å². The predicted molar refractivity (Wildman–Crippen MR) is 67.6 cm³/mol. The molecule has 0 saturated carbocycles. The van der Waals surface area contributed by atoms with Gasteiger partial charge in [0, 0.05) is 0 Å². The molecule has 0 aliphatic heterocycles. The Labute approximate surface area is 101 Å². The molecule has 0 aliphatic rings. The lowest BCUT2D eigenvalue weighted by atomic mass is 10.0. The molecule has 0 spiro atoms. The van der Waals surface area contributed by atoms with Crippen molar-refractivity contribution in [2.45, 2.75) is 6.42 Å². The number of hydrogen-bond acceptors (Lipinski definition) is 2. The number of methoxy groups -OCH3 is 1. The molecule has 0 aliphatic carbocycles. The van der Waals surface area contributed by atoms with Crippen molar-refractivity contribution in [3.63, 3.8) is 0 Å². The summed E-state index contributed by atoms with van der Waals surface area (Å²) in [4.78, 5) is 11.1. The molecule has 2 aromatic carbocycles. The quantitative estimate of drug-likeness (QED) is 0.752. The normalized spacial score (nSPS) is 9.94. The van der Waals surface area contributed by atoms with E-state index in [1.165, 1.54) is 12.7 Å². The Morgan fingerprint density at radius 2 is 1.53 bits per heavy atom. The third kappa shape index (κ3) is 2.94. The lowest BCUT2D eigenvalue weighted by Crippen LogP contribution is -2.03. The van der Waals surface area contributed by atoms with Crippen LogP contribution >= 0.6 is 0 Å². The summed E-state index contributed by atoms with van der Waals surface area (Å²) in [6.07, 6.45) is 0.325. The summed E-state index contributed by atoms with van der Waals surface area (Å²) in [5, 5.41) is 0. The topological polar surface area (TPSA) is 26.3 Å². The van der Waals surface area contributed by atoms with Gasteiger partial charge < -0.3 is 4.74 Å². The third-order valence-corrected chi connectivity index (χ3v) is 2.64. The first-order chi connectivity index (χ1) is 8.29. The van der Waals surface area contributed by atoms with E-state index in [1.54, 1.807) is 0 Å². The van der Waals surface area contributed by atoms with Crippen molar-refractivity contribution in [3.8, 4) is 11.1 Å². The van der Waals surface area contributed by atoms with Gasteiger partial charge in [-0.1, -0.05) is 54.6 Å². The number of hydrogen-bond donors (Lipinski definition) is 0. The Morgan fingerprint density at radius 1 is 0.941 bits per heavy atom. The van der Waals surface area contributed by atoms with Crippen molar-refractivity contribution in [3.05, 3.63) is 60.2 Å². The molecule has 0 atom stereocenters. The van der Waals surface area contributed by atoms with Crippen molar-refractivity contribution < 1.29 is 9.53 Å². The number of carbonyl (C=O) groups excluding carboxylic acids is 1. The lowest BCUT2D eigenvalue weighted by Gasteiger charge is -2.03. The molecule has 0 fully saturated rings. The van der Waals surface area contributed by atoms with E-state index in [9.17, 15) is 4.79 Å². The molecule has 0 heterocycles. The second kappa shape index (κ2) is 5.30. The Bertz CT molecular complexity index is 486. The van der Waals surface area contributed by atoms with E-state index < -0.39 is 0 Å². The molecule has 2 rings (SSSR count). The molecular formula is C15H14O2. The van der Waals surface area contributed by atoms with Crippen LogP contribution in [0.3, 0.4) is 0 Å². The van der Waals surface area contributed by atoms with Crippen LogP contribution in [0, 0.1) is 0 Å². The number of ether oxygens (including phenoxy) is 1. The molecule has 0 unspecified atom stereocenters. The maximum atomic E-state index is 11.1. The summed E-state index contributed by atoms with van der Waals surface area (Å²) in [5.74, 6) is -0.211. The largest absolute Gasteiger partial charge is 0.469 e. The van der Waals surface area contributed by atoms with Gasteiger partial charge in [0.05, 0.1) is 13.5 Å². The molecule has 0 bridgehead atoms. The molecular weight excluding hydrogens is 212 g/mol. The first kappa shape index (κ1) is 11.4. The van der Waals surface area contributed by atoms with Gasteiger partial charge >= 0.3 is 5.97 Å². The highest BCUT2D eigenvalue weighted by atomic mass is 16.5. The van der Waals surface area contributed by atoms with Crippen LogP contribution in [-0.4, -0.2) is 13.1 Å². The number of benzene rings is 2. The highest BCUT2D eigenvalue weighted by molar-refractivity contribution is 5.73. The molecule has 0 radical (unpaired) electrons. The highest BCUT2D eigenvalue weighted by Crippen LogP contribution is 2.19. The van der Waals surface area contributed by atoms with Crippen molar-refractivity contribution >= 4 is 5.97 Å². The second-order valence-corrected chi connectivity index (χ2v) is 3.82. The lowest BCUT2D eigenvalue weighted by molar-refractivity contribution is -0.139. The second-order valence-electron chi connectivity index (χ2n) is 3.82. The number of rotatable bonds is 3. The van der Waals surface area contributed by atoms with E-state index in [-0.39, 0.29) is 5.97 Å². The first-order valence-electron chi connectivity index (χ1n) is 5.51. The first-order valence-corrected chi connectivity index (χ1v) is 5.51. The van der Waals surface area contributed by atoms with Crippen molar-refractivity contribution in [2.75, 3.05) is 7.11 Å². The van der Waals surface area contributed by atoms with Gasteiger partial charge in [-0.05, 0) is 16.7 Å². The monoisotopic (exact) mass is 226 g/mol. The zero-order chi connectivity index (χ0) is 12.1. The molecule has 0 saturated heterocycles. The molecule has 17 heavy (non-hydrogen) atoms. The molecule has 0 N–H and O–H groups in total. The molecule has 2 aromatic rings. The van der Waals surface area contributed by atoms with Crippen molar-refractivity contribution in [1.29, 1.82) is 0 Å². The summed E-state index contributed by atoms with van der Waals surface area (Å²) in [7, 11) is 1.40. The molecule has 0 amide bonds. The van der Waals surface area contributed by atoms with Crippen LogP contribution in [0.2, 0.25) is 0 Å². The summed E-state index contributed by atoms with van der Waals surface area (Å²) in [6, 6.07) is 18.1. The average Bonchev–Trinajstić information content (AvgIpc) is 2.40. The zero-order valence-electron chi connectivity index (χ0n) is 9.72. The fourth-order valence-corrected chi connectivity index (χ4v) is 1.68. The van der Waals surface area contributed by atoms with E-state index in [4.69, 9.17) is 0 Å². The standard InChI is InChI=1S/C15H14O2/c1-17-15(16)11-12-7-9-14(10-8-12)13-5-3-2-4-6-13/h2-10H,11H2,1H3. The van der Waals surface area contributed by atoms with Gasteiger partial charge in [-0.15, -0.1) is 0 Å². The van der Waals surface area contributed by atoms with E-state index in [1.807, 2.05) is 42.5 Å². The van der Waals surface area contributed by atoms with Crippen LogP contribution < -0.4 is 0 Å².